The van der Waals surface area contributed by atoms with E-state index < -0.39 is 0 Å². The van der Waals surface area contributed by atoms with Crippen molar-refractivity contribution in [1.29, 1.82) is 0 Å². The molecule has 0 atom stereocenters. The van der Waals surface area contributed by atoms with Gasteiger partial charge in [0.2, 0.25) is 0 Å². The zero-order valence-electron chi connectivity index (χ0n) is 7.77. The van der Waals surface area contributed by atoms with E-state index in [4.69, 9.17) is 23.2 Å². The Hall–Kier alpha value is -0.340. The molecule has 0 spiro atoms. The second-order valence-electron chi connectivity index (χ2n) is 2.97. The lowest BCUT2D eigenvalue weighted by molar-refractivity contribution is 0.857. The van der Waals surface area contributed by atoms with Gasteiger partial charge in [0.1, 0.15) is 0 Å². The highest BCUT2D eigenvalue weighted by Crippen LogP contribution is 2.19. The fourth-order valence-electron chi connectivity index (χ4n) is 1.26. The number of halogens is 2. The van der Waals surface area contributed by atoms with Gasteiger partial charge in [-0.2, -0.15) is 5.10 Å². The summed E-state index contributed by atoms with van der Waals surface area (Å²) in [4.78, 5) is 0. The fraction of sp³-hybridized carbons (Fsp3) is 0.556. The zero-order chi connectivity index (χ0) is 9.84. The number of aryl methyl sites for hydroxylation is 1. The van der Waals surface area contributed by atoms with Crippen molar-refractivity contribution in [3.63, 3.8) is 0 Å². The predicted octanol–water partition coefficient (Wildman–Crippen LogP) is 2.92. The molecule has 0 N–H and O–H groups in total. The molecule has 0 saturated heterocycles. The fourth-order valence-corrected chi connectivity index (χ4v) is 1.55. The van der Waals surface area contributed by atoms with Crippen molar-refractivity contribution >= 4 is 23.2 Å². The molecule has 2 nitrogen and oxygen atoms in total. The molecule has 0 amide bonds. The topological polar surface area (TPSA) is 25.8 Å². The summed E-state index contributed by atoms with van der Waals surface area (Å²) in [5.74, 6) is 0.665. The maximum atomic E-state index is 5.86. The molecule has 0 unspecified atom stereocenters. The SMILES string of the molecule is Cc1nnc(Cl)c(C)c1CCCCl. The summed E-state index contributed by atoms with van der Waals surface area (Å²) in [6.07, 6.45) is 1.88. The zero-order valence-corrected chi connectivity index (χ0v) is 9.28. The molecular formula is C9H12Cl2N2. The Morgan fingerprint density at radius 1 is 1.23 bits per heavy atom. The third-order valence-electron chi connectivity index (χ3n) is 2.05. The lowest BCUT2D eigenvalue weighted by Gasteiger charge is -2.07. The molecule has 0 aliphatic carbocycles. The molecule has 1 aromatic rings. The van der Waals surface area contributed by atoms with Crippen LogP contribution in [0.3, 0.4) is 0 Å². The maximum absolute atomic E-state index is 5.86. The molecular weight excluding hydrogens is 207 g/mol. The van der Waals surface area contributed by atoms with Crippen LogP contribution in [0.15, 0.2) is 0 Å². The van der Waals surface area contributed by atoms with Gasteiger partial charge in [0, 0.05) is 5.88 Å². The average molecular weight is 219 g/mol. The van der Waals surface area contributed by atoms with E-state index >= 15 is 0 Å². The van der Waals surface area contributed by atoms with Gasteiger partial charge in [-0.3, -0.25) is 0 Å². The second kappa shape index (κ2) is 4.77. The number of alkyl halides is 1. The molecule has 1 aromatic heterocycles. The molecule has 1 heterocycles. The van der Waals surface area contributed by atoms with Gasteiger partial charge < -0.3 is 0 Å². The first-order chi connectivity index (χ1) is 6.16. The van der Waals surface area contributed by atoms with Crippen LogP contribution in [0.2, 0.25) is 5.15 Å². The minimum atomic E-state index is 0.496. The number of aromatic nitrogens is 2. The minimum Gasteiger partial charge on any atom is -0.154 e. The molecule has 13 heavy (non-hydrogen) atoms. The predicted molar refractivity (Wildman–Crippen MR) is 55.6 cm³/mol. The lowest BCUT2D eigenvalue weighted by atomic mass is 10.1. The van der Waals surface area contributed by atoms with Crippen LogP contribution >= 0.6 is 23.2 Å². The lowest BCUT2D eigenvalue weighted by Crippen LogP contribution is -2.01. The summed E-state index contributed by atoms with van der Waals surface area (Å²) in [6, 6.07) is 0. The Kier molecular flexibility index (Phi) is 3.94. The molecule has 0 bridgehead atoms. The van der Waals surface area contributed by atoms with Gasteiger partial charge in [0.25, 0.3) is 0 Å². The van der Waals surface area contributed by atoms with Gasteiger partial charge >= 0.3 is 0 Å². The van der Waals surface area contributed by atoms with Crippen LogP contribution < -0.4 is 0 Å². The number of nitrogens with zero attached hydrogens (tertiary/aromatic N) is 2. The van der Waals surface area contributed by atoms with Gasteiger partial charge in [-0.05, 0) is 37.8 Å². The van der Waals surface area contributed by atoms with Gasteiger partial charge in [-0.25, -0.2) is 0 Å². The molecule has 4 heteroatoms. The number of rotatable bonds is 3. The molecule has 0 aromatic carbocycles. The average Bonchev–Trinajstić information content (AvgIpc) is 2.12. The van der Waals surface area contributed by atoms with Crippen molar-refractivity contribution in [2.75, 3.05) is 5.88 Å². The molecule has 72 valence electrons. The summed E-state index contributed by atoms with van der Waals surface area (Å²) in [5.41, 5.74) is 3.16. The van der Waals surface area contributed by atoms with E-state index in [1.54, 1.807) is 0 Å². The summed E-state index contributed by atoms with van der Waals surface area (Å²) in [6.45, 7) is 3.91. The molecule has 0 radical (unpaired) electrons. The van der Waals surface area contributed by atoms with Gasteiger partial charge in [0.15, 0.2) is 5.15 Å². The van der Waals surface area contributed by atoms with E-state index in [2.05, 4.69) is 10.2 Å². The summed E-state index contributed by atoms with van der Waals surface area (Å²) < 4.78 is 0. The van der Waals surface area contributed by atoms with Crippen LogP contribution in [0.25, 0.3) is 0 Å². The van der Waals surface area contributed by atoms with Crippen molar-refractivity contribution < 1.29 is 0 Å². The van der Waals surface area contributed by atoms with Crippen LogP contribution in [0.5, 0.6) is 0 Å². The van der Waals surface area contributed by atoms with E-state index in [0.29, 0.717) is 11.0 Å². The molecule has 0 fully saturated rings. The van der Waals surface area contributed by atoms with Crippen LogP contribution in [-0.2, 0) is 6.42 Å². The van der Waals surface area contributed by atoms with Crippen LogP contribution in [-0.4, -0.2) is 16.1 Å². The quantitative estimate of drug-likeness (QED) is 0.730. The van der Waals surface area contributed by atoms with Crippen molar-refractivity contribution in [2.45, 2.75) is 26.7 Å². The maximum Gasteiger partial charge on any atom is 0.154 e. The molecule has 0 saturated carbocycles. The van der Waals surface area contributed by atoms with E-state index in [1.807, 2.05) is 13.8 Å². The Bertz CT molecular complexity index is 300. The van der Waals surface area contributed by atoms with E-state index in [0.717, 1.165) is 24.1 Å². The van der Waals surface area contributed by atoms with Crippen LogP contribution in [0.4, 0.5) is 0 Å². The Morgan fingerprint density at radius 2 is 1.92 bits per heavy atom. The van der Waals surface area contributed by atoms with Crippen LogP contribution in [0.1, 0.15) is 23.2 Å². The summed E-state index contributed by atoms with van der Waals surface area (Å²) >= 11 is 11.5. The normalized spacial score (nSPS) is 10.5. The van der Waals surface area contributed by atoms with Gasteiger partial charge in [0.05, 0.1) is 5.69 Å². The van der Waals surface area contributed by atoms with E-state index in [-0.39, 0.29) is 0 Å². The first-order valence-corrected chi connectivity index (χ1v) is 5.12. The van der Waals surface area contributed by atoms with Crippen molar-refractivity contribution in [1.82, 2.24) is 10.2 Å². The monoisotopic (exact) mass is 218 g/mol. The Labute approximate surface area is 88.3 Å². The second-order valence-corrected chi connectivity index (χ2v) is 3.71. The third kappa shape index (κ3) is 2.55. The Balaban J connectivity index is 2.96. The summed E-state index contributed by atoms with van der Waals surface area (Å²) in [7, 11) is 0. The first-order valence-electron chi connectivity index (χ1n) is 4.21. The summed E-state index contributed by atoms with van der Waals surface area (Å²) in [5, 5.41) is 8.29. The van der Waals surface area contributed by atoms with E-state index in [9.17, 15) is 0 Å². The highest BCUT2D eigenvalue weighted by atomic mass is 35.5. The largest absolute Gasteiger partial charge is 0.154 e. The smallest absolute Gasteiger partial charge is 0.154 e. The van der Waals surface area contributed by atoms with E-state index in [1.165, 1.54) is 5.56 Å². The molecule has 0 aliphatic heterocycles. The van der Waals surface area contributed by atoms with Crippen molar-refractivity contribution in [3.8, 4) is 0 Å². The Morgan fingerprint density at radius 3 is 2.54 bits per heavy atom. The highest BCUT2D eigenvalue weighted by molar-refractivity contribution is 6.30. The van der Waals surface area contributed by atoms with Crippen molar-refractivity contribution in [2.24, 2.45) is 0 Å². The first kappa shape index (κ1) is 10.7. The number of hydrogen-bond acceptors (Lipinski definition) is 2. The standard InChI is InChI=1S/C9H12Cl2N2/c1-6-8(4-3-5-10)7(2)12-13-9(6)11/h3-5H2,1-2H3. The molecule has 1 rings (SSSR count). The highest BCUT2D eigenvalue weighted by Gasteiger charge is 2.07. The molecule has 0 aliphatic rings. The van der Waals surface area contributed by atoms with Crippen LogP contribution in [0, 0.1) is 13.8 Å². The van der Waals surface area contributed by atoms with Gasteiger partial charge in [-0.1, -0.05) is 11.6 Å². The van der Waals surface area contributed by atoms with Crippen molar-refractivity contribution in [3.05, 3.63) is 22.0 Å². The number of hydrogen-bond donors (Lipinski definition) is 0. The third-order valence-corrected chi connectivity index (χ3v) is 2.67. The minimum absolute atomic E-state index is 0.496. The van der Waals surface area contributed by atoms with Gasteiger partial charge in [-0.15, -0.1) is 16.7 Å².